The van der Waals surface area contributed by atoms with Crippen LogP contribution in [0, 0.1) is 10.8 Å². The summed E-state index contributed by atoms with van der Waals surface area (Å²) in [4.78, 5) is 27.8. The van der Waals surface area contributed by atoms with E-state index < -0.39 is 0 Å². The van der Waals surface area contributed by atoms with Crippen LogP contribution in [0.1, 0.15) is 43.9 Å². The standard InChI is InChI=1S/C31H40N8O3/c1-31(2,3)25(42-34)14-15-35-23-9-11-24(12-10-23)38-30-27(29(33)36-20-37-30)28(32)22-7-4-21(5-8-22)6-13-26(40)39-16-18-41-19-17-39/h4-5,7-12,14,20,32,35H,6,13,15-19,34H2,1-3H3,(H3,33,36,37,38)/b25-14-,32-28?. The number of aromatic nitrogens is 2. The molecule has 2 heterocycles. The highest BCUT2D eigenvalue weighted by atomic mass is 16.6. The first-order valence-electron chi connectivity index (χ1n) is 14.0. The van der Waals surface area contributed by atoms with Gasteiger partial charge in [0.25, 0.3) is 0 Å². The van der Waals surface area contributed by atoms with E-state index in [-0.39, 0.29) is 22.9 Å². The molecule has 0 radical (unpaired) electrons. The average Bonchev–Trinajstić information content (AvgIpc) is 2.99. The van der Waals surface area contributed by atoms with Gasteiger partial charge in [-0.3, -0.25) is 10.2 Å². The third-order valence-corrected chi connectivity index (χ3v) is 6.97. The van der Waals surface area contributed by atoms with Gasteiger partial charge in [-0.25, -0.2) is 9.97 Å². The van der Waals surface area contributed by atoms with Crippen LogP contribution in [0.2, 0.25) is 0 Å². The normalized spacial score (nSPS) is 13.9. The van der Waals surface area contributed by atoms with Crippen molar-refractivity contribution in [2.45, 2.75) is 33.6 Å². The highest BCUT2D eigenvalue weighted by Crippen LogP contribution is 2.27. The minimum absolute atomic E-state index is 0.136. The Morgan fingerprint density at radius 2 is 1.74 bits per heavy atom. The largest absolute Gasteiger partial charge is 0.416 e. The summed E-state index contributed by atoms with van der Waals surface area (Å²) in [6.45, 7) is 9.14. The maximum absolute atomic E-state index is 12.5. The number of benzene rings is 2. The van der Waals surface area contributed by atoms with Gasteiger partial charge in [0.2, 0.25) is 5.91 Å². The van der Waals surface area contributed by atoms with E-state index in [1.165, 1.54) is 6.33 Å². The Labute approximate surface area is 246 Å². The van der Waals surface area contributed by atoms with E-state index in [1.807, 2.05) is 80.3 Å². The highest BCUT2D eigenvalue weighted by Gasteiger charge is 2.19. The molecule has 0 saturated carbocycles. The maximum Gasteiger partial charge on any atom is 0.223 e. The molecule has 1 aliphatic heterocycles. The molecule has 4 rings (SSSR count). The number of morpholine rings is 1. The number of carbonyl (C=O) groups excluding carboxylic acids is 1. The van der Waals surface area contributed by atoms with Crippen molar-refractivity contribution in [2.24, 2.45) is 11.3 Å². The third-order valence-electron chi connectivity index (χ3n) is 6.97. The molecule has 11 nitrogen and oxygen atoms in total. The van der Waals surface area contributed by atoms with E-state index in [0.29, 0.717) is 68.4 Å². The second-order valence-electron chi connectivity index (χ2n) is 11.1. The molecule has 42 heavy (non-hydrogen) atoms. The van der Waals surface area contributed by atoms with E-state index in [1.54, 1.807) is 0 Å². The number of anilines is 4. The fourth-order valence-electron chi connectivity index (χ4n) is 4.55. The number of nitrogens with zero attached hydrogens (tertiary/aromatic N) is 3. The molecule has 0 aliphatic carbocycles. The van der Waals surface area contributed by atoms with Gasteiger partial charge in [0.05, 0.1) is 24.5 Å². The predicted molar refractivity (Wildman–Crippen MR) is 166 cm³/mol. The first kappa shape index (κ1) is 30.5. The molecule has 0 spiro atoms. The van der Waals surface area contributed by atoms with Crippen LogP contribution in [0.4, 0.5) is 23.0 Å². The number of rotatable bonds is 11. The summed E-state index contributed by atoms with van der Waals surface area (Å²) in [7, 11) is 0. The van der Waals surface area contributed by atoms with Gasteiger partial charge in [-0.05, 0) is 42.3 Å². The molecule has 0 atom stereocenters. The Balaban J connectivity index is 1.39. The number of amides is 1. The number of nitrogens with two attached hydrogens (primary N) is 2. The van der Waals surface area contributed by atoms with Crippen LogP contribution >= 0.6 is 0 Å². The summed E-state index contributed by atoms with van der Waals surface area (Å²) in [6.07, 6.45) is 4.37. The second kappa shape index (κ2) is 13.9. The van der Waals surface area contributed by atoms with Crippen molar-refractivity contribution in [3.8, 4) is 0 Å². The van der Waals surface area contributed by atoms with E-state index in [4.69, 9.17) is 26.6 Å². The monoisotopic (exact) mass is 572 g/mol. The maximum atomic E-state index is 12.5. The highest BCUT2D eigenvalue weighted by molar-refractivity contribution is 6.16. The molecule has 2 aromatic carbocycles. The van der Waals surface area contributed by atoms with Gasteiger partial charge < -0.3 is 30.8 Å². The van der Waals surface area contributed by atoms with Crippen molar-refractivity contribution in [3.63, 3.8) is 0 Å². The van der Waals surface area contributed by atoms with Gasteiger partial charge in [0.15, 0.2) is 0 Å². The molecule has 222 valence electrons. The zero-order valence-electron chi connectivity index (χ0n) is 24.4. The summed E-state index contributed by atoms with van der Waals surface area (Å²) in [6, 6.07) is 15.3. The second-order valence-corrected chi connectivity index (χ2v) is 11.1. The van der Waals surface area contributed by atoms with Gasteiger partial charge >= 0.3 is 0 Å². The first-order valence-corrected chi connectivity index (χ1v) is 14.0. The van der Waals surface area contributed by atoms with Crippen LogP contribution in [0.15, 0.2) is 66.7 Å². The topological polar surface area (TPSA) is 164 Å². The lowest BCUT2D eigenvalue weighted by atomic mass is 9.93. The number of nitrogens with one attached hydrogen (secondary N) is 3. The molecule has 1 saturated heterocycles. The molecule has 0 bridgehead atoms. The quantitative estimate of drug-likeness (QED) is 0.128. The molecule has 3 aromatic rings. The summed E-state index contributed by atoms with van der Waals surface area (Å²) < 4.78 is 5.32. The lowest BCUT2D eigenvalue weighted by Crippen LogP contribution is -2.40. The smallest absolute Gasteiger partial charge is 0.223 e. The van der Waals surface area contributed by atoms with Crippen LogP contribution in [0.3, 0.4) is 0 Å². The lowest BCUT2D eigenvalue weighted by Gasteiger charge is -2.26. The molecule has 1 aromatic heterocycles. The van der Waals surface area contributed by atoms with Gasteiger partial charge in [-0.2, -0.15) is 5.90 Å². The fourth-order valence-corrected chi connectivity index (χ4v) is 4.55. The summed E-state index contributed by atoms with van der Waals surface area (Å²) in [5.41, 5.74) is 10.1. The van der Waals surface area contributed by atoms with Gasteiger partial charge in [0.1, 0.15) is 23.7 Å². The van der Waals surface area contributed by atoms with Crippen molar-refractivity contribution in [1.82, 2.24) is 14.9 Å². The molecule has 1 fully saturated rings. The van der Waals surface area contributed by atoms with Crippen molar-refractivity contribution in [3.05, 3.63) is 83.4 Å². The number of hydrogen-bond acceptors (Lipinski definition) is 10. The van der Waals surface area contributed by atoms with E-state index in [0.717, 1.165) is 16.9 Å². The molecule has 1 amide bonds. The summed E-state index contributed by atoms with van der Waals surface area (Å²) in [5.74, 6) is 6.90. The van der Waals surface area contributed by atoms with Crippen LogP contribution in [0.5, 0.6) is 0 Å². The van der Waals surface area contributed by atoms with Crippen LogP contribution in [-0.4, -0.2) is 59.3 Å². The van der Waals surface area contributed by atoms with Crippen molar-refractivity contribution in [2.75, 3.05) is 49.2 Å². The Hall–Kier alpha value is -4.48. The minimum Gasteiger partial charge on any atom is -0.416 e. The Morgan fingerprint density at radius 1 is 1.07 bits per heavy atom. The molecule has 11 heteroatoms. The minimum atomic E-state index is -0.180. The number of hydrogen-bond donors (Lipinski definition) is 5. The van der Waals surface area contributed by atoms with Crippen LogP contribution < -0.4 is 22.3 Å². The van der Waals surface area contributed by atoms with Gasteiger partial charge in [-0.15, -0.1) is 0 Å². The average molecular weight is 573 g/mol. The summed E-state index contributed by atoms with van der Waals surface area (Å²) in [5, 5.41) is 15.5. The molecule has 1 aliphatic rings. The van der Waals surface area contributed by atoms with E-state index in [9.17, 15) is 4.79 Å². The Morgan fingerprint density at radius 3 is 2.38 bits per heavy atom. The predicted octanol–water partition coefficient (Wildman–Crippen LogP) is 4.24. The zero-order chi connectivity index (χ0) is 30.1. The molecular formula is C31H40N8O3. The van der Waals surface area contributed by atoms with E-state index in [2.05, 4.69) is 20.6 Å². The first-order chi connectivity index (χ1) is 20.2. The van der Waals surface area contributed by atoms with Crippen molar-refractivity contribution < 1.29 is 14.4 Å². The number of carbonyl (C=O) groups is 1. The van der Waals surface area contributed by atoms with Crippen LogP contribution in [0.25, 0.3) is 0 Å². The zero-order valence-corrected chi connectivity index (χ0v) is 24.4. The molecular weight excluding hydrogens is 532 g/mol. The third kappa shape index (κ3) is 8.05. The number of allylic oxidation sites excluding steroid dienone is 1. The molecule has 7 N–H and O–H groups in total. The van der Waals surface area contributed by atoms with Crippen molar-refractivity contribution in [1.29, 1.82) is 5.41 Å². The van der Waals surface area contributed by atoms with Crippen molar-refractivity contribution >= 4 is 34.6 Å². The summed E-state index contributed by atoms with van der Waals surface area (Å²) >= 11 is 0. The lowest BCUT2D eigenvalue weighted by molar-refractivity contribution is -0.135. The fraction of sp³-hybridized carbons (Fsp3) is 0.355. The van der Waals surface area contributed by atoms with Gasteiger partial charge in [0, 0.05) is 48.4 Å². The van der Waals surface area contributed by atoms with E-state index >= 15 is 0 Å². The Bertz CT molecular complexity index is 1390. The Kier molecular flexibility index (Phi) is 10.1. The SMILES string of the molecule is CC(C)(C)/C(=C/CNc1ccc(Nc2ncnc(N)c2C(=N)c2ccc(CCC(=O)N3CCOCC3)cc2)cc1)ON. The molecule has 0 unspecified atom stereocenters. The number of ether oxygens (including phenoxy) is 1. The van der Waals surface area contributed by atoms with Gasteiger partial charge in [-0.1, -0.05) is 45.0 Å². The number of nitrogen functional groups attached to an aromatic ring is 1. The number of aryl methyl sites for hydroxylation is 1. The van der Waals surface area contributed by atoms with Crippen LogP contribution in [-0.2, 0) is 20.8 Å².